The van der Waals surface area contributed by atoms with Crippen LogP contribution in [0.3, 0.4) is 0 Å². The van der Waals surface area contributed by atoms with E-state index in [4.69, 9.17) is 4.74 Å². The zero-order valence-corrected chi connectivity index (χ0v) is 17.9. The third-order valence-electron chi connectivity index (χ3n) is 4.66. The number of amides is 1. The highest BCUT2D eigenvalue weighted by molar-refractivity contribution is 7.13. The van der Waals surface area contributed by atoms with E-state index >= 15 is 0 Å². The molecule has 0 bridgehead atoms. The monoisotopic (exact) mass is 450 g/mol. The lowest BCUT2D eigenvalue weighted by molar-refractivity contribution is -0.122. The first-order valence-corrected chi connectivity index (χ1v) is 10.6. The minimum absolute atomic E-state index is 0.233. The SMILES string of the molecule is COc1ccc(-c2nc(CNC(=O)Cn3nc(-c4ccc(F)cc4)ccc3=O)cs2)cc1. The Kier molecular flexibility index (Phi) is 6.37. The van der Waals surface area contributed by atoms with Gasteiger partial charge in [0.25, 0.3) is 5.56 Å². The number of benzene rings is 2. The van der Waals surface area contributed by atoms with Gasteiger partial charge in [-0.15, -0.1) is 11.3 Å². The van der Waals surface area contributed by atoms with Gasteiger partial charge >= 0.3 is 0 Å². The van der Waals surface area contributed by atoms with Crippen molar-refractivity contribution in [1.29, 1.82) is 0 Å². The molecule has 2 aromatic carbocycles. The fraction of sp³-hybridized carbons (Fsp3) is 0.130. The Morgan fingerprint density at radius 3 is 2.50 bits per heavy atom. The van der Waals surface area contributed by atoms with Crippen LogP contribution < -0.4 is 15.6 Å². The number of thiazole rings is 1. The molecular formula is C23H19FN4O3S. The van der Waals surface area contributed by atoms with Crippen molar-refractivity contribution < 1.29 is 13.9 Å². The largest absolute Gasteiger partial charge is 0.497 e. The minimum Gasteiger partial charge on any atom is -0.497 e. The standard InChI is InChI=1S/C23H19FN4O3S/c1-31-19-8-4-16(5-9-19)23-26-18(14-32-23)12-25-21(29)13-28-22(30)11-10-20(27-28)15-2-6-17(24)7-3-15/h2-11,14H,12-13H2,1H3,(H,25,29). The van der Waals surface area contributed by atoms with Gasteiger partial charge in [-0.05, 0) is 54.6 Å². The van der Waals surface area contributed by atoms with Crippen molar-refractivity contribution in [3.05, 3.63) is 87.9 Å². The highest BCUT2D eigenvalue weighted by atomic mass is 32.1. The van der Waals surface area contributed by atoms with E-state index in [1.807, 2.05) is 29.6 Å². The zero-order valence-electron chi connectivity index (χ0n) is 17.1. The number of hydrogen-bond donors (Lipinski definition) is 1. The van der Waals surface area contributed by atoms with Crippen molar-refractivity contribution in [1.82, 2.24) is 20.1 Å². The molecule has 0 unspecified atom stereocenters. The van der Waals surface area contributed by atoms with E-state index in [0.29, 0.717) is 11.3 Å². The Hall–Kier alpha value is -3.85. The summed E-state index contributed by atoms with van der Waals surface area (Å²) in [6, 6.07) is 16.2. The predicted molar refractivity (Wildman–Crippen MR) is 120 cm³/mol. The first-order valence-electron chi connectivity index (χ1n) is 9.71. The number of carbonyl (C=O) groups is 1. The van der Waals surface area contributed by atoms with Crippen LogP contribution in [0.5, 0.6) is 5.75 Å². The molecule has 2 heterocycles. The van der Waals surface area contributed by atoms with Crippen LogP contribution in [0, 0.1) is 5.82 Å². The van der Waals surface area contributed by atoms with Gasteiger partial charge in [-0.1, -0.05) is 0 Å². The van der Waals surface area contributed by atoms with Crippen LogP contribution >= 0.6 is 11.3 Å². The number of ether oxygens (including phenoxy) is 1. The van der Waals surface area contributed by atoms with Crippen molar-refractivity contribution in [2.24, 2.45) is 0 Å². The van der Waals surface area contributed by atoms with E-state index in [1.165, 1.54) is 29.5 Å². The van der Waals surface area contributed by atoms with Gasteiger partial charge in [0.2, 0.25) is 5.91 Å². The Morgan fingerprint density at radius 1 is 1.06 bits per heavy atom. The molecule has 0 saturated carbocycles. The third kappa shape index (κ3) is 5.06. The van der Waals surface area contributed by atoms with Gasteiger partial charge < -0.3 is 10.1 Å². The summed E-state index contributed by atoms with van der Waals surface area (Å²) < 4.78 is 19.4. The maximum Gasteiger partial charge on any atom is 0.267 e. The first-order chi connectivity index (χ1) is 15.5. The van der Waals surface area contributed by atoms with Crippen LogP contribution in [-0.4, -0.2) is 27.8 Å². The second-order valence-corrected chi connectivity index (χ2v) is 7.73. The Bertz CT molecular complexity index is 1280. The van der Waals surface area contributed by atoms with Crippen molar-refractivity contribution in [2.45, 2.75) is 13.1 Å². The molecule has 0 fully saturated rings. The highest BCUT2D eigenvalue weighted by Gasteiger charge is 2.10. The molecule has 4 rings (SSSR count). The number of aromatic nitrogens is 3. The van der Waals surface area contributed by atoms with Crippen LogP contribution in [0.25, 0.3) is 21.8 Å². The van der Waals surface area contributed by atoms with Crippen LogP contribution in [0.2, 0.25) is 0 Å². The van der Waals surface area contributed by atoms with Gasteiger partial charge in [0.15, 0.2) is 0 Å². The lowest BCUT2D eigenvalue weighted by Crippen LogP contribution is -2.33. The quantitative estimate of drug-likeness (QED) is 0.466. The summed E-state index contributed by atoms with van der Waals surface area (Å²) in [6.07, 6.45) is 0. The fourth-order valence-electron chi connectivity index (χ4n) is 2.97. The van der Waals surface area contributed by atoms with E-state index in [2.05, 4.69) is 15.4 Å². The molecule has 1 amide bonds. The molecule has 4 aromatic rings. The summed E-state index contributed by atoms with van der Waals surface area (Å²) in [5, 5.41) is 9.69. The Labute approximate surface area is 187 Å². The fourth-order valence-corrected chi connectivity index (χ4v) is 3.80. The summed E-state index contributed by atoms with van der Waals surface area (Å²) in [5.74, 6) is 0.0404. The van der Waals surface area contributed by atoms with Crippen molar-refractivity contribution in [3.8, 4) is 27.6 Å². The lowest BCUT2D eigenvalue weighted by Gasteiger charge is -2.08. The maximum absolute atomic E-state index is 13.1. The van der Waals surface area contributed by atoms with Crippen LogP contribution in [0.1, 0.15) is 5.69 Å². The molecule has 0 radical (unpaired) electrons. The highest BCUT2D eigenvalue weighted by Crippen LogP contribution is 2.25. The number of nitrogens with zero attached hydrogens (tertiary/aromatic N) is 3. The van der Waals surface area contributed by atoms with Gasteiger partial charge in [-0.25, -0.2) is 14.1 Å². The summed E-state index contributed by atoms with van der Waals surface area (Å²) in [4.78, 5) is 29.0. The molecule has 0 aliphatic rings. The molecule has 0 aliphatic carbocycles. The number of hydrogen-bond acceptors (Lipinski definition) is 6. The zero-order chi connectivity index (χ0) is 22.5. The first kappa shape index (κ1) is 21.4. The van der Waals surface area contributed by atoms with Gasteiger partial charge in [0, 0.05) is 22.6 Å². The number of rotatable bonds is 7. The molecule has 0 aliphatic heterocycles. The lowest BCUT2D eigenvalue weighted by atomic mass is 10.1. The minimum atomic E-state index is -0.401. The molecule has 2 aromatic heterocycles. The van der Waals surface area contributed by atoms with Gasteiger partial charge in [0.05, 0.1) is 25.0 Å². The average molecular weight is 450 g/mol. The number of halogens is 1. The molecule has 1 N–H and O–H groups in total. The van der Waals surface area contributed by atoms with E-state index in [9.17, 15) is 14.0 Å². The van der Waals surface area contributed by atoms with Crippen LogP contribution in [0.15, 0.2) is 70.8 Å². The van der Waals surface area contributed by atoms with E-state index in [0.717, 1.165) is 26.7 Å². The molecule has 32 heavy (non-hydrogen) atoms. The molecule has 9 heteroatoms. The van der Waals surface area contributed by atoms with Crippen molar-refractivity contribution in [3.63, 3.8) is 0 Å². The normalized spacial score (nSPS) is 10.7. The van der Waals surface area contributed by atoms with E-state index in [1.54, 1.807) is 25.3 Å². The molecule has 0 atom stereocenters. The number of methoxy groups -OCH3 is 1. The van der Waals surface area contributed by atoms with Crippen LogP contribution in [-0.2, 0) is 17.9 Å². The molecule has 7 nitrogen and oxygen atoms in total. The molecular weight excluding hydrogens is 431 g/mol. The number of carbonyl (C=O) groups excluding carboxylic acids is 1. The average Bonchev–Trinajstić information content (AvgIpc) is 3.29. The van der Waals surface area contributed by atoms with E-state index in [-0.39, 0.29) is 24.8 Å². The van der Waals surface area contributed by atoms with Gasteiger partial charge in [-0.2, -0.15) is 5.10 Å². The van der Waals surface area contributed by atoms with Crippen molar-refractivity contribution >= 4 is 17.2 Å². The summed E-state index contributed by atoms with van der Waals surface area (Å²) >= 11 is 1.48. The Morgan fingerprint density at radius 2 is 1.78 bits per heavy atom. The van der Waals surface area contributed by atoms with Crippen molar-refractivity contribution in [2.75, 3.05) is 7.11 Å². The smallest absolute Gasteiger partial charge is 0.267 e. The molecule has 0 spiro atoms. The second kappa shape index (κ2) is 9.52. The Balaban J connectivity index is 1.39. The molecule has 0 saturated heterocycles. The van der Waals surface area contributed by atoms with Gasteiger partial charge in [0.1, 0.15) is 23.1 Å². The summed E-state index contributed by atoms with van der Waals surface area (Å²) in [5.41, 5.74) is 2.40. The second-order valence-electron chi connectivity index (χ2n) is 6.87. The topological polar surface area (TPSA) is 86.1 Å². The number of nitrogens with one attached hydrogen (secondary N) is 1. The summed E-state index contributed by atoms with van der Waals surface area (Å²) in [6.45, 7) is 0.00122. The predicted octanol–water partition coefficient (Wildman–Crippen LogP) is 3.50. The van der Waals surface area contributed by atoms with Crippen LogP contribution in [0.4, 0.5) is 4.39 Å². The third-order valence-corrected chi connectivity index (χ3v) is 5.60. The van der Waals surface area contributed by atoms with Gasteiger partial charge in [-0.3, -0.25) is 9.59 Å². The summed E-state index contributed by atoms with van der Waals surface area (Å²) in [7, 11) is 1.61. The van der Waals surface area contributed by atoms with E-state index < -0.39 is 5.56 Å². The maximum atomic E-state index is 13.1. The molecule has 162 valence electrons.